The third-order valence-electron chi connectivity index (χ3n) is 4.52. The number of fused-ring (bicyclic) bond motifs is 2. The van der Waals surface area contributed by atoms with E-state index in [0.29, 0.717) is 6.42 Å². The molecule has 0 atom stereocenters. The van der Waals surface area contributed by atoms with Crippen LogP contribution in [0.5, 0.6) is 0 Å². The van der Waals surface area contributed by atoms with Gasteiger partial charge in [-0.1, -0.05) is 31.2 Å². The van der Waals surface area contributed by atoms with Crippen molar-refractivity contribution in [3.63, 3.8) is 0 Å². The summed E-state index contributed by atoms with van der Waals surface area (Å²) in [6.45, 7) is 5.60. The Morgan fingerprint density at radius 3 is 1.61 bits per heavy atom. The van der Waals surface area contributed by atoms with Crippen molar-refractivity contribution in [2.45, 2.75) is 33.7 Å². The highest BCUT2D eigenvalue weighted by Crippen LogP contribution is 2.35. The Bertz CT molecular complexity index is 911. The molecule has 2 aromatic rings. The van der Waals surface area contributed by atoms with Crippen LogP contribution in [0, 0.1) is 0 Å². The number of nitrogens with zero attached hydrogens (tertiary/aromatic N) is 1. The Kier molecular flexibility index (Phi) is 5.44. The Balaban J connectivity index is 2.39. The van der Waals surface area contributed by atoms with E-state index in [0.717, 1.165) is 0 Å². The molecule has 3 rings (SSSR count). The molecule has 7 heteroatoms. The van der Waals surface area contributed by atoms with Crippen molar-refractivity contribution in [1.82, 2.24) is 4.57 Å². The molecule has 0 saturated carbocycles. The fraction of sp³-hybridized carbons (Fsp3) is 0.333. The van der Waals surface area contributed by atoms with E-state index < -0.39 is 23.5 Å². The number of carbonyl (C=O) groups excluding carboxylic acids is 4. The second kappa shape index (κ2) is 7.80. The van der Waals surface area contributed by atoms with Crippen LogP contribution < -0.4 is 0 Å². The smallest absolute Gasteiger partial charge is 0.355 e. The maximum Gasteiger partial charge on any atom is 0.355 e. The lowest BCUT2D eigenvalue weighted by Gasteiger charge is -2.15. The van der Waals surface area contributed by atoms with E-state index in [2.05, 4.69) is 0 Å². The van der Waals surface area contributed by atoms with Crippen molar-refractivity contribution < 1.29 is 28.7 Å². The molecule has 7 nitrogen and oxygen atoms in total. The van der Waals surface area contributed by atoms with Crippen molar-refractivity contribution in [2.75, 3.05) is 13.2 Å². The number of hydrogen-bond acceptors (Lipinski definition) is 6. The van der Waals surface area contributed by atoms with E-state index in [-0.39, 0.29) is 53.4 Å². The molecule has 1 aromatic heterocycles. The van der Waals surface area contributed by atoms with E-state index in [1.54, 1.807) is 26.0 Å². The van der Waals surface area contributed by atoms with Gasteiger partial charge in [-0.2, -0.15) is 0 Å². The molecule has 0 bridgehead atoms. The summed E-state index contributed by atoms with van der Waals surface area (Å²) >= 11 is 0. The molecule has 146 valence electrons. The predicted molar refractivity (Wildman–Crippen MR) is 99.9 cm³/mol. The van der Waals surface area contributed by atoms with Gasteiger partial charge in [-0.05, 0) is 20.3 Å². The monoisotopic (exact) mass is 383 g/mol. The zero-order valence-electron chi connectivity index (χ0n) is 16.0. The first-order valence-corrected chi connectivity index (χ1v) is 9.26. The van der Waals surface area contributed by atoms with Crippen LogP contribution >= 0.6 is 0 Å². The SMILES string of the molecule is CCCn1c(C(=O)OCC)c2c(c1C(=O)OCC)C(=O)c1ccccc1C2=O. The number of ether oxygens (including phenoxy) is 2. The van der Waals surface area contributed by atoms with Crippen LogP contribution in [0.3, 0.4) is 0 Å². The zero-order chi connectivity index (χ0) is 20.4. The summed E-state index contributed by atoms with van der Waals surface area (Å²) in [5.41, 5.74) is 0.0886. The third-order valence-corrected chi connectivity index (χ3v) is 4.52. The van der Waals surface area contributed by atoms with E-state index >= 15 is 0 Å². The average Bonchev–Trinajstić information content (AvgIpc) is 3.02. The first-order valence-electron chi connectivity index (χ1n) is 9.26. The van der Waals surface area contributed by atoms with Crippen molar-refractivity contribution in [3.05, 3.63) is 57.9 Å². The lowest BCUT2D eigenvalue weighted by molar-refractivity contribution is 0.0499. The van der Waals surface area contributed by atoms with Gasteiger partial charge >= 0.3 is 11.9 Å². The van der Waals surface area contributed by atoms with Crippen LogP contribution in [-0.4, -0.2) is 41.3 Å². The number of benzene rings is 1. The van der Waals surface area contributed by atoms with Crippen LogP contribution in [0.2, 0.25) is 0 Å². The first kappa shape index (κ1) is 19.5. The Labute approximate surface area is 162 Å². The van der Waals surface area contributed by atoms with Crippen LogP contribution in [0.4, 0.5) is 0 Å². The fourth-order valence-electron chi connectivity index (χ4n) is 3.48. The fourth-order valence-corrected chi connectivity index (χ4v) is 3.48. The summed E-state index contributed by atoms with van der Waals surface area (Å²) in [7, 11) is 0. The van der Waals surface area contributed by atoms with Gasteiger partial charge in [0.2, 0.25) is 0 Å². The summed E-state index contributed by atoms with van der Waals surface area (Å²) < 4.78 is 11.7. The highest BCUT2D eigenvalue weighted by molar-refractivity contribution is 6.32. The average molecular weight is 383 g/mol. The minimum Gasteiger partial charge on any atom is -0.461 e. The van der Waals surface area contributed by atoms with Gasteiger partial charge in [-0.15, -0.1) is 0 Å². The number of carbonyl (C=O) groups is 4. The normalized spacial score (nSPS) is 12.4. The molecule has 1 aliphatic carbocycles. The molecule has 1 aliphatic rings. The molecule has 0 fully saturated rings. The predicted octanol–water partition coefficient (Wildman–Crippen LogP) is 3.03. The highest BCUT2D eigenvalue weighted by Gasteiger charge is 2.42. The zero-order valence-corrected chi connectivity index (χ0v) is 16.0. The van der Waals surface area contributed by atoms with Crippen molar-refractivity contribution in [1.29, 1.82) is 0 Å². The molecule has 1 aromatic carbocycles. The van der Waals surface area contributed by atoms with Crippen molar-refractivity contribution >= 4 is 23.5 Å². The second-order valence-corrected chi connectivity index (χ2v) is 6.24. The van der Waals surface area contributed by atoms with Gasteiger partial charge in [-0.25, -0.2) is 9.59 Å². The van der Waals surface area contributed by atoms with Gasteiger partial charge in [-0.3, -0.25) is 9.59 Å². The summed E-state index contributed by atoms with van der Waals surface area (Å²) in [6, 6.07) is 6.37. The van der Waals surface area contributed by atoms with Gasteiger partial charge in [0.05, 0.1) is 24.3 Å². The largest absolute Gasteiger partial charge is 0.461 e. The Morgan fingerprint density at radius 1 is 0.821 bits per heavy atom. The molecular weight excluding hydrogens is 362 g/mol. The minimum absolute atomic E-state index is 0.0744. The van der Waals surface area contributed by atoms with Crippen molar-refractivity contribution in [2.24, 2.45) is 0 Å². The third kappa shape index (κ3) is 2.93. The molecule has 0 unspecified atom stereocenters. The maximum atomic E-state index is 13.2. The maximum absolute atomic E-state index is 13.2. The second-order valence-electron chi connectivity index (χ2n) is 6.24. The van der Waals surface area contributed by atoms with Crippen molar-refractivity contribution in [3.8, 4) is 0 Å². The summed E-state index contributed by atoms with van der Waals surface area (Å²) in [4.78, 5) is 51.8. The van der Waals surface area contributed by atoms with Gasteiger partial charge in [0.1, 0.15) is 11.4 Å². The molecular formula is C21H21NO6. The number of ketones is 2. The number of hydrogen-bond donors (Lipinski definition) is 0. The minimum atomic E-state index is -0.747. The quantitative estimate of drug-likeness (QED) is 0.608. The van der Waals surface area contributed by atoms with Crippen LogP contribution in [-0.2, 0) is 16.0 Å². The summed E-state index contributed by atoms with van der Waals surface area (Å²) in [5.74, 6) is -2.45. The first-order chi connectivity index (χ1) is 13.5. The topological polar surface area (TPSA) is 91.7 Å². The van der Waals surface area contributed by atoms with E-state index in [1.807, 2.05) is 6.92 Å². The molecule has 0 aliphatic heterocycles. The Morgan fingerprint density at radius 2 is 1.25 bits per heavy atom. The lowest BCUT2D eigenvalue weighted by atomic mass is 9.84. The standard InChI is InChI=1S/C21H21NO6/c1-4-11-22-16(20(25)27-5-2)14-15(17(22)21(26)28-6-3)19(24)13-10-8-7-9-12(13)18(14)23/h7-10H,4-6,11H2,1-3H3. The molecule has 0 radical (unpaired) electrons. The molecule has 0 amide bonds. The highest BCUT2D eigenvalue weighted by atomic mass is 16.5. The van der Waals surface area contributed by atoms with Gasteiger partial charge in [0.15, 0.2) is 11.6 Å². The molecule has 0 spiro atoms. The van der Waals surface area contributed by atoms with Crippen LogP contribution in [0.25, 0.3) is 0 Å². The molecule has 0 saturated heterocycles. The number of rotatable bonds is 6. The van der Waals surface area contributed by atoms with E-state index in [4.69, 9.17) is 9.47 Å². The van der Waals surface area contributed by atoms with Gasteiger partial charge < -0.3 is 14.0 Å². The van der Waals surface area contributed by atoms with Gasteiger partial charge in [0.25, 0.3) is 0 Å². The number of esters is 2. The Hall–Kier alpha value is -3.22. The lowest BCUT2D eigenvalue weighted by Crippen LogP contribution is -2.23. The summed E-state index contributed by atoms with van der Waals surface area (Å²) in [5, 5.41) is 0. The van der Waals surface area contributed by atoms with Crippen LogP contribution in [0.1, 0.15) is 80.0 Å². The van der Waals surface area contributed by atoms with E-state index in [9.17, 15) is 19.2 Å². The van der Waals surface area contributed by atoms with E-state index in [1.165, 1.54) is 16.7 Å². The molecule has 28 heavy (non-hydrogen) atoms. The summed E-state index contributed by atoms with van der Waals surface area (Å²) in [6.07, 6.45) is 0.571. The number of aromatic nitrogens is 1. The van der Waals surface area contributed by atoms with Crippen LogP contribution in [0.15, 0.2) is 24.3 Å². The van der Waals surface area contributed by atoms with Gasteiger partial charge in [0, 0.05) is 17.7 Å². The molecule has 0 N–H and O–H groups in total. The molecule has 1 heterocycles.